The van der Waals surface area contributed by atoms with Crippen LogP contribution in [0.15, 0.2) is 24.3 Å². The maximum atomic E-state index is 12.8. The third-order valence-electron chi connectivity index (χ3n) is 2.04. The van der Waals surface area contributed by atoms with E-state index in [9.17, 15) is 9.18 Å². The first-order valence-corrected chi connectivity index (χ1v) is 4.88. The van der Waals surface area contributed by atoms with Gasteiger partial charge in [-0.1, -0.05) is 19.4 Å². The van der Waals surface area contributed by atoms with Gasteiger partial charge in [-0.15, -0.1) is 0 Å². The summed E-state index contributed by atoms with van der Waals surface area (Å²) in [5, 5.41) is 11.7. The number of halogens is 1. The monoisotopic (exact) mass is 211 g/mol. The molecular formula is C11H14FNO2. The van der Waals surface area contributed by atoms with E-state index in [0.29, 0.717) is 12.1 Å². The van der Waals surface area contributed by atoms with E-state index in [1.165, 1.54) is 12.1 Å². The highest BCUT2D eigenvalue weighted by atomic mass is 19.1. The summed E-state index contributed by atoms with van der Waals surface area (Å²) < 4.78 is 12.8. The quantitative estimate of drug-likeness (QED) is 0.786. The molecule has 0 saturated carbocycles. The van der Waals surface area contributed by atoms with Crippen molar-refractivity contribution in [2.75, 3.05) is 5.32 Å². The molecule has 1 aromatic carbocycles. The van der Waals surface area contributed by atoms with Crippen LogP contribution in [0.5, 0.6) is 0 Å². The maximum absolute atomic E-state index is 12.8. The molecule has 0 spiro atoms. The van der Waals surface area contributed by atoms with Gasteiger partial charge in [-0.25, -0.2) is 9.18 Å². The Hall–Kier alpha value is -1.58. The molecule has 0 fully saturated rings. The fourth-order valence-corrected chi connectivity index (χ4v) is 1.33. The number of aliphatic carboxylic acids is 1. The second kappa shape index (κ2) is 5.34. The average Bonchev–Trinajstić information content (AvgIpc) is 2.17. The summed E-state index contributed by atoms with van der Waals surface area (Å²) in [6.45, 7) is 1.91. The minimum atomic E-state index is -0.916. The van der Waals surface area contributed by atoms with Crippen molar-refractivity contribution < 1.29 is 14.3 Å². The Kier molecular flexibility index (Phi) is 4.09. The van der Waals surface area contributed by atoms with Crippen molar-refractivity contribution in [1.82, 2.24) is 0 Å². The lowest BCUT2D eigenvalue weighted by atomic mass is 10.1. The molecule has 0 aliphatic rings. The lowest BCUT2D eigenvalue weighted by molar-refractivity contribution is -0.138. The van der Waals surface area contributed by atoms with Gasteiger partial charge in [0.1, 0.15) is 11.9 Å². The number of carboxylic acids is 1. The first kappa shape index (κ1) is 11.5. The highest BCUT2D eigenvalue weighted by molar-refractivity contribution is 5.77. The van der Waals surface area contributed by atoms with Crippen LogP contribution in [0.4, 0.5) is 10.1 Å². The van der Waals surface area contributed by atoms with E-state index in [-0.39, 0.29) is 5.82 Å². The Balaban J connectivity index is 2.69. The summed E-state index contributed by atoms with van der Waals surface area (Å²) in [5.41, 5.74) is 0.496. The lowest BCUT2D eigenvalue weighted by Crippen LogP contribution is -2.28. The first-order valence-electron chi connectivity index (χ1n) is 4.88. The molecule has 0 heterocycles. The Labute approximate surface area is 87.9 Å². The number of anilines is 1. The SMILES string of the molecule is CCCC(Nc1cccc(F)c1)C(=O)O. The van der Waals surface area contributed by atoms with Gasteiger partial charge in [-0.2, -0.15) is 0 Å². The normalized spacial score (nSPS) is 12.1. The topological polar surface area (TPSA) is 49.3 Å². The molecule has 1 unspecified atom stereocenters. The van der Waals surface area contributed by atoms with Gasteiger partial charge < -0.3 is 10.4 Å². The number of benzene rings is 1. The molecule has 0 amide bonds. The smallest absolute Gasteiger partial charge is 0.326 e. The van der Waals surface area contributed by atoms with Crippen LogP contribution in [0.25, 0.3) is 0 Å². The summed E-state index contributed by atoms with van der Waals surface area (Å²) in [5.74, 6) is -1.29. The summed E-state index contributed by atoms with van der Waals surface area (Å²) in [7, 11) is 0. The van der Waals surface area contributed by atoms with Gasteiger partial charge in [-0.05, 0) is 24.6 Å². The van der Waals surface area contributed by atoms with Crippen LogP contribution in [0.3, 0.4) is 0 Å². The number of hydrogen-bond donors (Lipinski definition) is 2. The standard InChI is InChI=1S/C11H14FNO2/c1-2-4-10(11(14)15)13-9-6-3-5-8(12)7-9/h3,5-7,10,13H,2,4H2,1H3,(H,14,15). The van der Waals surface area contributed by atoms with E-state index in [4.69, 9.17) is 5.11 Å². The zero-order valence-electron chi connectivity index (χ0n) is 8.53. The molecule has 15 heavy (non-hydrogen) atoms. The Morgan fingerprint density at radius 1 is 1.60 bits per heavy atom. The summed E-state index contributed by atoms with van der Waals surface area (Å²) in [6, 6.07) is 5.14. The molecule has 0 aliphatic heterocycles. The zero-order chi connectivity index (χ0) is 11.3. The largest absolute Gasteiger partial charge is 0.480 e. The average molecular weight is 211 g/mol. The summed E-state index contributed by atoms with van der Waals surface area (Å²) in [6.07, 6.45) is 1.28. The van der Waals surface area contributed by atoms with E-state index in [0.717, 1.165) is 6.42 Å². The highest BCUT2D eigenvalue weighted by Crippen LogP contribution is 2.12. The number of rotatable bonds is 5. The van der Waals surface area contributed by atoms with E-state index in [1.807, 2.05) is 6.92 Å². The number of hydrogen-bond acceptors (Lipinski definition) is 2. The second-order valence-corrected chi connectivity index (χ2v) is 3.33. The molecular weight excluding hydrogens is 197 g/mol. The van der Waals surface area contributed by atoms with Crippen molar-refractivity contribution in [3.05, 3.63) is 30.1 Å². The predicted octanol–water partition coefficient (Wildman–Crippen LogP) is 2.49. The molecule has 1 aromatic rings. The molecule has 4 heteroatoms. The second-order valence-electron chi connectivity index (χ2n) is 3.33. The van der Waals surface area contributed by atoms with Crippen LogP contribution in [-0.4, -0.2) is 17.1 Å². The minimum Gasteiger partial charge on any atom is -0.480 e. The molecule has 0 bridgehead atoms. The minimum absolute atomic E-state index is 0.374. The molecule has 1 rings (SSSR count). The van der Waals surface area contributed by atoms with Crippen molar-refractivity contribution >= 4 is 11.7 Å². The van der Waals surface area contributed by atoms with Crippen LogP contribution >= 0.6 is 0 Å². The third kappa shape index (κ3) is 3.58. The molecule has 1 atom stereocenters. The predicted molar refractivity (Wildman–Crippen MR) is 56.4 cm³/mol. The number of nitrogens with one attached hydrogen (secondary N) is 1. The molecule has 0 saturated heterocycles. The van der Waals surface area contributed by atoms with Crippen molar-refractivity contribution in [3.8, 4) is 0 Å². The van der Waals surface area contributed by atoms with Gasteiger partial charge in [0.15, 0.2) is 0 Å². The Morgan fingerprint density at radius 3 is 2.87 bits per heavy atom. The van der Waals surface area contributed by atoms with Crippen LogP contribution in [-0.2, 0) is 4.79 Å². The van der Waals surface area contributed by atoms with Crippen molar-refractivity contribution in [1.29, 1.82) is 0 Å². The summed E-state index contributed by atoms with van der Waals surface area (Å²) >= 11 is 0. The third-order valence-corrected chi connectivity index (χ3v) is 2.04. The first-order chi connectivity index (χ1) is 7.13. The molecule has 0 aromatic heterocycles. The lowest BCUT2D eigenvalue weighted by Gasteiger charge is -2.14. The van der Waals surface area contributed by atoms with Gasteiger partial charge in [0, 0.05) is 5.69 Å². The van der Waals surface area contributed by atoms with Crippen LogP contribution in [0.2, 0.25) is 0 Å². The summed E-state index contributed by atoms with van der Waals surface area (Å²) in [4.78, 5) is 10.8. The van der Waals surface area contributed by atoms with E-state index >= 15 is 0 Å². The van der Waals surface area contributed by atoms with Crippen molar-refractivity contribution in [2.45, 2.75) is 25.8 Å². The van der Waals surface area contributed by atoms with Crippen molar-refractivity contribution in [2.24, 2.45) is 0 Å². The fourth-order valence-electron chi connectivity index (χ4n) is 1.33. The van der Waals surface area contributed by atoms with Crippen LogP contribution in [0.1, 0.15) is 19.8 Å². The zero-order valence-corrected chi connectivity index (χ0v) is 8.53. The van der Waals surface area contributed by atoms with Crippen LogP contribution < -0.4 is 5.32 Å². The molecule has 0 aliphatic carbocycles. The Bertz CT molecular complexity index is 341. The van der Waals surface area contributed by atoms with Gasteiger partial charge in [0.05, 0.1) is 0 Å². The van der Waals surface area contributed by atoms with Crippen molar-refractivity contribution in [3.63, 3.8) is 0 Å². The van der Waals surface area contributed by atoms with Gasteiger partial charge >= 0.3 is 5.97 Å². The van der Waals surface area contributed by atoms with E-state index in [2.05, 4.69) is 5.32 Å². The molecule has 3 nitrogen and oxygen atoms in total. The molecule has 0 radical (unpaired) electrons. The highest BCUT2D eigenvalue weighted by Gasteiger charge is 2.15. The number of carboxylic acid groups (broad SMARTS) is 1. The Morgan fingerprint density at radius 2 is 2.33 bits per heavy atom. The van der Waals surface area contributed by atoms with Crippen LogP contribution in [0, 0.1) is 5.82 Å². The van der Waals surface area contributed by atoms with Gasteiger partial charge in [0.2, 0.25) is 0 Å². The maximum Gasteiger partial charge on any atom is 0.326 e. The molecule has 82 valence electrons. The van der Waals surface area contributed by atoms with E-state index in [1.54, 1.807) is 12.1 Å². The van der Waals surface area contributed by atoms with E-state index < -0.39 is 12.0 Å². The van der Waals surface area contributed by atoms with Gasteiger partial charge in [0.25, 0.3) is 0 Å². The fraction of sp³-hybridized carbons (Fsp3) is 0.364. The number of carbonyl (C=O) groups is 1. The van der Waals surface area contributed by atoms with Gasteiger partial charge in [-0.3, -0.25) is 0 Å². The molecule has 2 N–H and O–H groups in total.